The van der Waals surface area contributed by atoms with Gasteiger partial charge in [-0.1, -0.05) is 0 Å². The number of hydrogen-bond donors (Lipinski definition) is 0. The van der Waals surface area contributed by atoms with E-state index in [-0.39, 0.29) is 24.3 Å². The van der Waals surface area contributed by atoms with Crippen LogP contribution in [0.15, 0.2) is 0 Å². The minimum atomic E-state index is -5.63. The van der Waals surface area contributed by atoms with E-state index in [1.54, 1.807) is 0 Å². The molecule has 0 N–H and O–H groups in total. The third-order valence-electron chi connectivity index (χ3n) is 2.05. The van der Waals surface area contributed by atoms with Gasteiger partial charge in [-0.3, -0.25) is 4.18 Å². The topological polar surface area (TPSA) is 77.5 Å². The molecule has 1 heterocycles. The highest BCUT2D eigenvalue weighted by atomic mass is 32.2. The van der Waals surface area contributed by atoms with E-state index < -0.39 is 31.6 Å². The van der Waals surface area contributed by atoms with Crippen molar-refractivity contribution >= 4 is 20.0 Å². The fraction of sp³-hybridized carbons (Fsp3) is 1.00. The lowest BCUT2D eigenvalue weighted by Crippen LogP contribution is -2.35. The Hall–Kier alpha value is -0.350. The van der Waals surface area contributed by atoms with Gasteiger partial charge in [-0.05, 0) is 12.8 Å². The molecule has 0 aromatic rings. The summed E-state index contributed by atoms with van der Waals surface area (Å²) in [4.78, 5) is 0. The Bertz CT molecular complexity index is 435. The lowest BCUT2D eigenvalue weighted by atomic mass is 10.2. The first-order valence-electron chi connectivity index (χ1n) is 4.23. The Morgan fingerprint density at radius 3 is 1.94 bits per heavy atom. The molecule has 1 fully saturated rings. The van der Waals surface area contributed by atoms with Gasteiger partial charge < -0.3 is 0 Å². The van der Waals surface area contributed by atoms with Gasteiger partial charge >= 0.3 is 15.6 Å². The third kappa shape index (κ3) is 3.32. The van der Waals surface area contributed by atoms with Crippen molar-refractivity contribution in [1.29, 1.82) is 0 Å². The Kier molecular flexibility index (Phi) is 3.56. The van der Waals surface area contributed by atoms with E-state index in [0.717, 1.165) is 0 Å². The SMILES string of the molecule is O=S1(=O)CCC(OS(=O)(=O)C(F)(F)F)CC1. The minimum absolute atomic E-state index is 0.238. The van der Waals surface area contributed by atoms with Gasteiger partial charge in [0, 0.05) is 0 Å². The number of hydrogen-bond acceptors (Lipinski definition) is 5. The fourth-order valence-corrected chi connectivity index (χ4v) is 3.31. The van der Waals surface area contributed by atoms with Crippen LogP contribution in [0.4, 0.5) is 13.2 Å². The largest absolute Gasteiger partial charge is 0.523 e. The Morgan fingerprint density at radius 2 is 1.56 bits per heavy atom. The molecule has 1 aliphatic heterocycles. The Balaban J connectivity index is 2.65. The molecule has 0 saturated carbocycles. The van der Waals surface area contributed by atoms with Crippen LogP contribution >= 0.6 is 0 Å². The maximum absolute atomic E-state index is 11.9. The second-order valence-corrected chi connectivity index (χ2v) is 7.21. The number of alkyl halides is 3. The van der Waals surface area contributed by atoms with E-state index in [4.69, 9.17) is 0 Å². The summed E-state index contributed by atoms with van der Waals surface area (Å²) in [6.45, 7) is 0. The van der Waals surface area contributed by atoms with E-state index in [1.807, 2.05) is 0 Å². The summed E-state index contributed by atoms with van der Waals surface area (Å²) in [6.07, 6.45) is -1.69. The van der Waals surface area contributed by atoms with Gasteiger partial charge in [0.2, 0.25) is 0 Å². The summed E-state index contributed by atoms with van der Waals surface area (Å²) in [6, 6.07) is 0. The first kappa shape index (κ1) is 13.7. The molecular weight excluding hydrogens is 273 g/mol. The van der Waals surface area contributed by atoms with Crippen molar-refractivity contribution in [3.05, 3.63) is 0 Å². The van der Waals surface area contributed by atoms with Gasteiger partial charge in [0.1, 0.15) is 0 Å². The van der Waals surface area contributed by atoms with Crippen molar-refractivity contribution in [2.75, 3.05) is 11.5 Å². The van der Waals surface area contributed by atoms with E-state index in [2.05, 4.69) is 4.18 Å². The molecule has 0 aliphatic carbocycles. The molecule has 96 valence electrons. The molecule has 0 aromatic carbocycles. The van der Waals surface area contributed by atoms with Crippen LogP contribution in [0.5, 0.6) is 0 Å². The van der Waals surface area contributed by atoms with Crippen molar-refractivity contribution in [2.24, 2.45) is 0 Å². The second kappa shape index (κ2) is 4.15. The van der Waals surface area contributed by atoms with Crippen molar-refractivity contribution in [2.45, 2.75) is 24.5 Å². The molecule has 0 amide bonds. The molecule has 0 atom stereocenters. The first-order chi connectivity index (χ1) is 7.04. The summed E-state index contributed by atoms with van der Waals surface area (Å²) >= 11 is 0. The molecule has 1 aliphatic rings. The highest BCUT2D eigenvalue weighted by Gasteiger charge is 2.49. The van der Waals surface area contributed by atoms with Gasteiger partial charge in [-0.2, -0.15) is 21.6 Å². The normalized spacial score (nSPS) is 23.2. The molecule has 1 saturated heterocycles. The standard InChI is InChI=1S/C6H9F3O5S2/c7-6(8,9)16(12,13)14-5-1-3-15(10,11)4-2-5/h5H,1-4H2. The molecule has 0 aromatic heterocycles. The molecule has 16 heavy (non-hydrogen) atoms. The van der Waals surface area contributed by atoms with Crippen LogP contribution in [0.1, 0.15) is 12.8 Å². The average Bonchev–Trinajstić information content (AvgIpc) is 2.06. The lowest BCUT2D eigenvalue weighted by molar-refractivity contribution is -0.0576. The summed E-state index contributed by atoms with van der Waals surface area (Å²) in [7, 11) is -8.89. The van der Waals surface area contributed by atoms with Crippen LogP contribution < -0.4 is 0 Å². The van der Waals surface area contributed by atoms with Crippen LogP contribution in [0.3, 0.4) is 0 Å². The van der Waals surface area contributed by atoms with E-state index in [9.17, 15) is 30.0 Å². The quantitative estimate of drug-likeness (QED) is 0.542. The van der Waals surface area contributed by atoms with Gasteiger partial charge in [-0.15, -0.1) is 0 Å². The van der Waals surface area contributed by atoms with Crippen molar-refractivity contribution in [3.63, 3.8) is 0 Å². The van der Waals surface area contributed by atoms with Crippen molar-refractivity contribution in [3.8, 4) is 0 Å². The zero-order valence-corrected chi connectivity index (χ0v) is 9.53. The fourth-order valence-electron chi connectivity index (χ4n) is 1.20. The minimum Gasteiger partial charge on any atom is -0.260 e. The zero-order valence-electron chi connectivity index (χ0n) is 7.90. The van der Waals surface area contributed by atoms with Gasteiger partial charge in [0.25, 0.3) is 0 Å². The molecule has 0 radical (unpaired) electrons. The highest BCUT2D eigenvalue weighted by Crippen LogP contribution is 2.28. The number of halogens is 3. The third-order valence-corrected chi connectivity index (χ3v) is 4.86. The Labute approximate surface area is 90.6 Å². The maximum atomic E-state index is 11.9. The summed E-state index contributed by atoms with van der Waals surface area (Å²) in [5, 5.41) is 0. The van der Waals surface area contributed by atoms with Crippen LogP contribution in [-0.4, -0.2) is 40.0 Å². The van der Waals surface area contributed by atoms with Gasteiger partial charge in [0.05, 0.1) is 17.6 Å². The summed E-state index contributed by atoms with van der Waals surface area (Å²) < 4.78 is 82.7. The Morgan fingerprint density at radius 1 is 1.12 bits per heavy atom. The summed E-state index contributed by atoms with van der Waals surface area (Å²) in [5.41, 5.74) is -5.47. The number of sulfone groups is 1. The monoisotopic (exact) mass is 282 g/mol. The van der Waals surface area contributed by atoms with E-state index in [0.29, 0.717) is 0 Å². The molecule has 0 bridgehead atoms. The molecule has 5 nitrogen and oxygen atoms in total. The molecule has 10 heteroatoms. The van der Waals surface area contributed by atoms with Crippen LogP contribution in [0.2, 0.25) is 0 Å². The predicted octanol–water partition coefficient (Wildman–Crippen LogP) is 0.430. The average molecular weight is 282 g/mol. The van der Waals surface area contributed by atoms with Crippen molar-refractivity contribution < 1.29 is 34.2 Å². The second-order valence-electron chi connectivity index (χ2n) is 3.35. The smallest absolute Gasteiger partial charge is 0.260 e. The van der Waals surface area contributed by atoms with E-state index in [1.165, 1.54) is 0 Å². The van der Waals surface area contributed by atoms with Gasteiger partial charge in [0.15, 0.2) is 9.84 Å². The van der Waals surface area contributed by atoms with Gasteiger partial charge in [-0.25, -0.2) is 8.42 Å². The number of rotatable bonds is 2. The predicted molar refractivity (Wildman–Crippen MR) is 47.7 cm³/mol. The highest BCUT2D eigenvalue weighted by molar-refractivity contribution is 7.91. The van der Waals surface area contributed by atoms with Crippen LogP contribution in [0, 0.1) is 0 Å². The van der Waals surface area contributed by atoms with Crippen LogP contribution in [0.25, 0.3) is 0 Å². The zero-order chi connectivity index (χ0) is 12.6. The summed E-state index contributed by atoms with van der Waals surface area (Å²) in [5.74, 6) is -0.712. The lowest BCUT2D eigenvalue weighted by Gasteiger charge is -2.22. The van der Waals surface area contributed by atoms with E-state index >= 15 is 0 Å². The maximum Gasteiger partial charge on any atom is 0.523 e. The molecule has 0 spiro atoms. The molecule has 0 unspecified atom stereocenters. The first-order valence-corrected chi connectivity index (χ1v) is 7.46. The van der Waals surface area contributed by atoms with Crippen molar-refractivity contribution in [1.82, 2.24) is 0 Å². The van der Waals surface area contributed by atoms with Crippen LogP contribution in [-0.2, 0) is 24.1 Å². The molecule has 1 rings (SSSR count). The molecular formula is C6H9F3O5S2.